The summed E-state index contributed by atoms with van der Waals surface area (Å²) in [5.74, 6) is 2.03. The topological polar surface area (TPSA) is 29.5 Å². The van der Waals surface area contributed by atoms with Crippen molar-refractivity contribution >= 4 is 0 Å². The third kappa shape index (κ3) is 3.40. The number of ether oxygens (including phenoxy) is 1. The Hall–Kier alpha value is -1.80. The Labute approximate surface area is 121 Å². The van der Waals surface area contributed by atoms with Gasteiger partial charge in [-0.3, -0.25) is 0 Å². The minimum atomic E-state index is -0.485. The maximum atomic E-state index is 10.0. The van der Waals surface area contributed by atoms with E-state index < -0.39 is 6.10 Å². The summed E-state index contributed by atoms with van der Waals surface area (Å²) in [4.78, 5) is 0. The molecule has 2 aromatic carbocycles. The van der Waals surface area contributed by atoms with Crippen molar-refractivity contribution in [3.05, 3.63) is 59.7 Å². The van der Waals surface area contributed by atoms with Crippen LogP contribution in [0.1, 0.15) is 50.3 Å². The molecule has 0 saturated heterocycles. The monoisotopic (exact) mass is 270 g/mol. The van der Waals surface area contributed by atoms with E-state index >= 15 is 0 Å². The lowest BCUT2D eigenvalue weighted by molar-refractivity contribution is 0.170. The molecule has 0 spiro atoms. The molecule has 2 nitrogen and oxygen atoms in total. The lowest BCUT2D eigenvalue weighted by Crippen LogP contribution is -1.98. The van der Waals surface area contributed by atoms with Gasteiger partial charge in [-0.2, -0.15) is 0 Å². The summed E-state index contributed by atoms with van der Waals surface area (Å²) in [5, 5.41) is 10.0. The van der Waals surface area contributed by atoms with Crippen molar-refractivity contribution in [2.45, 2.75) is 39.2 Å². The van der Waals surface area contributed by atoms with E-state index in [0.717, 1.165) is 17.1 Å². The van der Waals surface area contributed by atoms with Crippen LogP contribution in [-0.2, 0) is 0 Å². The zero-order valence-electron chi connectivity index (χ0n) is 12.3. The second-order valence-electron chi connectivity index (χ2n) is 5.29. The predicted molar refractivity (Wildman–Crippen MR) is 82.3 cm³/mol. The highest BCUT2D eigenvalue weighted by atomic mass is 16.5. The molecule has 2 heteroatoms. The third-order valence-electron chi connectivity index (χ3n) is 3.44. The second-order valence-corrected chi connectivity index (χ2v) is 5.29. The summed E-state index contributed by atoms with van der Waals surface area (Å²) in [5.41, 5.74) is 2.13. The molecule has 106 valence electrons. The Bertz CT molecular complexity index is 544. The van der Waals surface area contributed by atoms with Gasteiger partial charge in [0.1, 0.15) is 11.5 Å². The SMILES string of the molecule is CCC(O)c1ccccc1Oc1ccc(C(C)C)cc1. The molecule has 0 fully saturated rings. The summed E-state index contributed by atoms with van der Waals surface area (Å²) in [6.07, 6.45) is 0.188. The minimum Gasteiger partial charge on any atom is -0.457 e. The van der Waals surface area contributed by atoms with E-state index in [1.165, 1.54) is 5.56 Å². The maximum Gasteiger partial charge on any atom is 0.133 e. The van der Waals surface area contributed by atoms with Gasteiger partial charge in [0.2, 0.25) is 0 Å². The van der Waals surface area contributed by atoms with Crippen molar-refractivity contribution in [1.82, 2.24) is 0 Å². The van der Waals surface area contributed by atoms with E-state index in [4.69, 9.17) is 4.74 Å². The zero-order valence-corrected chi connectivity index (χ0v) is 12.3. The second kappa shape index (κ2) is 6.58. The van der Waals surface area contributed by atoms with E-state index in [9.17, 15) is 5.11 Å². The highest BCUT2D eigenvalue weighted by Gasteiger charge is 2.11. The number of aliphatic hydroxyl groups is 1. The molecule has 0 aromatic heterocycles. The van der Waals surface area contributed by atoms with E-state index in [1.54, 1.807) is 0 Å². The van der Waals surface area contributed by atoms with Crippen LogP contribution in [0.25, 0.3) is 0 Å². The van der Waals surface area contributed by atoms with Crippen LogP contribution in [0.5, 0.6) is 11.5 Å². The summed E-state index contributed by atoms with van der Waals surface area (Å²) in [6, 6.07) is 15.8. The highest BCUT2D eigenvalue weighted by molar-refractivity contribution is 5.40. The average Bonchev–Trinajstić information content (AvgIpc) is 2.47. The molecule has 20 heavy (non-hydrogen) atoms. The van der Waals surface area contributed by atoms with Gasteiger partial charge >= 0.3 is 0 Å². The number of benzene rings is 2. The number of rotatable bonds is 5. The van der Waals surface area contributed by atoms with Gasteiger partial charge in [-0.05, 0) is 36.1 Å². The molecule has 0 bridgehead atoms. The number of hydrogen-bond acceptors (Lipinski definition) is 2. The van der Waals surface area contributed by atoms with Crippen LogP contribution < -0.4 is 4.74 Å². The van der Waals surface area contributed by atoms with E-state index in [-0.39, 0.29) is 0 Å². The molecular weight excluding hydrogens is 248 g/mol. The fraction of sp³-hybridized carbons (Fsp3) is 0.333. The fourth-order valence-electron chi connectivity index (χ4n) is 2.12. The van der Waals surface area contributed by atoms with Crippen LogP contribution in [0.15, 0.2) is 48.5 Å². The first kappa shape index (κ1) is 14.6. The molecule has 1 unspecified atom stereocenters. The molecule has 0 aliphatic carbocycles. The van der Waals surface area contributed by atoms with E-state index in [0.29, 0.717) is 12.3 Å². The third-order valence-corrected chi connectivity index (χ3v) is 3.44. The zero-order chi connectivity index (χ0) is 14.5. The Kier molecular flexibility index (Phi) is 4.80. The van der Waals surface area contributed by atoms with Crippen molar-refractivity contribution in [3.8, 4) is 11.5 Å². The Morgan fingerprint density at radius 3 is 2.25 bits per heavy atom. The van der Waals surface area contributed by atoms with Gasteiger partial charge < -0.3 is 9.84 Å². The minimum absolute atomic E-state index is 0.485. The summed E-state index contributed by atoms with van der Waals surface area (Å²) < 4.78 is 5.91. The van der Waals surface area contributed by atoms with Crippen molar-refractivity contribution in [1.29, 1.82) is 0 Å². The van der Waals surface area contributed by atoms with Crippen LogP contribution >= 0.6 is 0 Å². The average molecular weight is 270 g/mol. The van der Waals surface area contributed by atoms with Crippen LogP contribution in [0.3, 0.4) is 0 Å². The van der Waals surface area contributed by atoms with Crippen LogP contribution in [-0.4, -0.2) is 5.11 Å². The lowest BCUT2D eigenvalue weighted by Gasteiger charge is -2.15. The van der Waals surface area contributed by atoms with Crippen LogP contribution in [0, 0.1) is 0 Å². The largest absolute Gasteiger partial charge is 0.457 e. The summed E-state index contributed by atoms with van der Waals surface area (Å²) in [7, 11) is 0. The van der Waals surface area contributed by atoms with Crippen molar-refractivity contribution in [2.75, 3.05) is 0 Å². The van der Waals surface area contributed by atoms with Gasteiger partial charge in [0, 0.05) is 5.56 Å². The molecule has 0 heterocycles. The van der Waals surface area contributed by atoms with Crippen molar-refractivity contribution in [3.63, 3.8) is 0 Å². The molecular formula is C18H22O2. The summed E-state index contributed by atoms with van der Waals surface area (Å²) >= 11 is 0. The Balaban J connectivity index is 2.21. The molecule has 0 amide bonds. The standard InChI is InChI=1S/C18H22O2/c1-4-17(19)16-7-5-6-8-18(16)20-15-11-9-14(10-12-15)13(2)3/h5-13,17,19H,4H2,1-3H3. The van der Waals surface area contributed by atoms with Crippen LogP contribution in [0.2, 0.25) is 0 Å². The molecule has 0 saturated carbocycles. The van der Waals surface area contributed by atoms with Gasteiger partial charge in [-0.15, -0.1) is 0 Å². The van der Waals surface area contributed by atoms with E-state index in [1.807, 2.05) is 43.3 Å². The van der Waals surface area contributed by atoms with E-state index in [2.05, 4.69) is 26.0 Å². The molecule has 1 N–H and O–H groups in total. The van der Waals surface area contributed by atoms with Gasteiger partial charge in [-0.25, -0.2) is 0 Å². The summed E-state index contributed by atoms with van der Waals surface area (Å²) in [6.45, 7) is 6.30. The molecule has 2 aromatic rings. The first-order valence-electron chi connectivity index (χ1n) is 7.16. The fourth-order valence-corrected chi connectivity index (χ4v) is 2.12. The highest BCUT2D eigenvalue weighted by Crippen LogP contribution is 2.31. The normalized spacial score (nSPS) is 12.4. The smallest absolute Gasteiger partial charge is 0.133 e. The van der Waals surface area contributed by atoms with Crippen LogP contribution in [0.4, 0.5) is 0 Å². The first-order chi connectivity index (χ1) is 9.61. The Morgan fingerprint density at radius 2 is 1.65 bits per heavy atom. The van der Waals surface area contributed by atoms with Crippen molar-refractivity contribution < 1.29 is 9.84 Å². The Morgan fingerprint density at radius 1 is 1.00 bits per heavy atom. The lowest BCUT2D eigenvalue weighted by atomic mass is 10.0. The molecule has 1 atom stereocenters. The van der Waals surface area contributed by atoms with Gasteiger partial charge in [0.15, 0.2) is 0 Å². The molecule has 0 aliphatic heterocycles. The maximum absolute atomic E-state index is 10.0. The van der Waals surface area contributed by atoms with Gasteiger partial charge in [0.05, 0.1) is 6.10 Å². The predicted octanol–water partition coefficient (Wildman–Crippen LogP) is 5.05. The quantitative estimate of drug-likeness (QED) is 0.824. The van der Waals surface area contributed by atoms with Crippen molar-refractivity contribution in [2.24, 2.45) is 0 Å². The molecule has 2 rings (SSSR count). The van der Waals surface area contributed by atoms with Gasteiger partial charge in [-0.1, -0.05) is 51.1 Å². The first-order valence-corrected chi connectivity index (χ1v) is 7.16. The molecule has 0 aliphatic rings. The van der Waals surface area contributed by atoms with Gasteiger partial charge in [0.25, 0.3) is 0 Å². The number of hydrogen-bond donors (Lipinski definition) is 1. The number of para-hydroxylation sites is 1. The molecule has 0 radical (unpaired) electrons. The number of aliphatic hydroxyl groups excluding tert-OH is 1.